The van der Waals surface area contributed by atoms with Gasteiger partial charge in [-0.05, 0) is 125 Å². The molecule has 0 aromatic carbocycles. The molecule has 0 heterocycles. The van der Waals surface area contributed by atoms with Gasteiger partial charge in [0.15, 0.2) is 0 Å². The smallest absolute Gasteiger partial charge is 0.0543 e. The van der Waals surface area contributed by atoms with E-state index in [1.165, 1.54) is 57.8 Å². The minimum Gasteiger partial charge on any atom is -0.393 e. The molecule has 0 bridgehead atoms. The second-order valence-corrected chi connectivity index (χ2v) is 12.4. The van der Waals surface area contributed by atoms with Gasteiger partial charge in [0.2, 0.25) is 0 Å². The molecule has 0 aliphatic heterocycles. The van der Waals surface area contributed by atoms with Crippen LogP contribution in [-0.4, -0.2) is 11.2 Å². The van der Waals surface area contributed by atoms with Gasteiger partial charge in [-0.15, -0.1) is 0 Å². The molecule has 8 atom stereocenters. The van der Waals surface area contributed by atoms with Gasteiger partial charge in [-0.1, -0.05) is 50.5 Å². The van der Waals surface area contributed by atoms with Crippen molar-refractivity contribution in [3.05, 3.63) is 22.8 Å². The van der Waals surface area contributed by atoms with Gasteiger partial charge in [0, 0.05) is 0 Å². The lowest BCUT2D eigenvalue weighted by Crippen LogP contribution is -2.49. The first-order valence-electron chi connectivity index (χ1n) is 13.2. The molecule has 0 aromatic rings. The first-order valence-corrected chi connectivity index (χ1v) is 13.2. The fourth-order valence-corrected chi connectivity index (χ4v) is 8.85. The van der Waals surface area contributed by atoms with Gasteiger partial charge in [-0.3, -0.25) is 0 Å². The van der Waals surface area contributed by atoms with E-state index in [1.807, 2.05) is 5.57 Å². The molecule has 1 nitrogen and oxygen atoms in total. The van der Waals surface area contributed by atoms with Crippen LogP contribution in [0.25, 0.3) is 0 Å². The lowest BCUT2D eigenvalue weighted by molar-refractivity contribution is -0.0427. The number of allylic oxidation sites excluding steroid dienone is 4. The van der Waals surface area contributed by atoms with Crippen molar-refractivity contribution in [2.45, 2.75) is 118 Å². The summed E-state index contributed by atoms with van der Waals surface area (Å²) in [6.07, 6.45) is 16.8. The van der Waals surface area contributed by atoms with E-state index in [1.54, 1.807) is 11.1 Å². The Morgan fingerprint density at radius 1 is 1.07 bits per heavy atom. The van der Waals surface area contributed by atoms with Crippen LogP contribution in [0.2, 0.25) is 0 Å². The standard InChI is InChI=1S/C29H48O/c1-7-21(19(2)3)9-8-20(4)25-12-13-26-24-11-10-22-18-23(30)14-16-28(22,5)27(24)15-17-29(25,26)6/h11,20,22-23,25-27,30H,7-10,12-18H2,1-6H3/t20-,22?,23+,25-,26+,27+,28+,29-/m1/s1. The predicted molar refractivity (Wildman–Crippen MR) is 128 cm³/mol. The number of aliphatic hydroxyl groups is 1. The minimum atomic E-state index is -0.0441. The molecule has 0 saturated heterocycles. The largest absolute Gasteiger partial charge is 0.393 e. The van der Waals surface area contributed by atoms with Crippen LogP contribution in [0.3, 0.4) is 0 Å². The van der Waals surface area contributed by atoms with Crippen LogP contribution in [0.5, 0.6) is 0 Å². The molecule has 0 spiro atoms. The van der Waals surface area contributed by atoms with Crippen molar-refractivity contribution >= 4 is 0 Å². The Morgan fingerprint density at radius 3 is 2.47 bits per heavy atom. The highest BCUT2D eigenvalue weighted by Gasteiger charge is 2.58. The maximum atomic E-state index is 10.3. The molecular weight excluding hydrogens is 364 g/mol. The van der Waals surface area contributed by atoms with E-state index in [4.69, 9.17) is 0 Å². The highest BCUT2D eigenvalue weighted by atomic mass is 16.3. The predicted octanol–water partition coefficient (Wildman–Crippen LogP) is 8.09. The molecule has 170 valence electrons. The number of aliphatic hydroxyl groups excluding tert-OH is 1. The summed E-state index contributed by atoms with van der Waals surface area (Å²) in [5, 5.41) is 10.3. The second-order valence-electron chi connectivity index (χ2n) is 12.4. The Bertz CT molecular complexity index is 697. The zero-order chi connectivity index (χ0) is 21.7. The van der Waals surface area contributed by atoms with Crippen LogP contribution in [0.4, 0.5) is 0 Å². The van der Waals surface area contributed by atoms with Crippen molar-refractivity contribution in [2.75, 3.05) is 0 Å². The van der Waals surface area contributed by atoms with Crippen LogP contribution >= 0.6 is 0 Å². The first kappa shape index (κ1) is 22.6. The zero-order valence-electron chi connectivity index (χ0n) is 20.8. The lowest BCUT2D eigenvalue weighted by Gasteiger charge is -2.57. The van der Waals surface area contributed by atoms with Crippen LogP contribution in [-0.2, 0) is 0 Å². The van der Waals surface area contributed by atoms with E-state index < -0.39 is 0 Å². The Kier molecular flexibility index (Phi) is 6.35. The van der Waals surface area contributed by atoms with E-state index in [9.17, 15) is 5.11 Å². The minimum absolute atomic E-state index is 0.0441. The Morgan fingerprint density at radius 2 is 1.77 bits per heavy atom. The summed E-state index contributed by atoms with van der Waals surface area (Å²) in [6.45, 7) is 14.7. The molecule has 3 fully saturated rings. The average Bonchev–Trinajstić information content (AvgIpc) is 3.06. The summed E-state index contributed by atoms with van der Waals surface area (Å²) in [5.74, 6) is 4.09. The summed E-state index contributed by atoms with van der Waals surface area (Å²) in [7, 11) is 0. The van der Waals surface area contributed by atoms with Gasteiger partial charge in [-0.2, -0.15) is 0 Å². The van der Waals surface area contributed by atoms with E-state index in [2.05, 4.69) is 47.6 Å². The maximum absolute atomic E-state index is 10.3. The average molecular weight is 413 g/mol. The normalized spacial score (nSPS) is 43.8. The molecule has 1 N–H and O–H groups in total. The molecule has 1 heteroatoms. The van der Waals surface area contributed by atoms with E-state index in [0.717, 1.165) is 36.5 Å². The number of fused-ring (bicyclic) bond motifs is 5. The van der Waals surface area contributed by atoms with Crippen molar-refractivity contribution < 1.29 is 5.11 Å². The van der Waals surface area contributed by atoms with Gasteiger partial charge < -0.3 is 5.11 Å². The third-order valence-electron chi connectivity index (χ3n) is 10.8. The quantitative estimate of drug-likeness (QED) is 0.452. The molecule has 1 unspecified atom stereocenters. The van der Waals surface area contributed by atoms with Gasteiger partial charge in [-0.25, -0.2) is 0 Å². The van der Waals surface area contributed by atoms with Gasteiger partial charge >= 0.3 is 0 Å². The highest BCUT2D eigenvalue weighted by Crippen LogP contribution is 2.67. The van der Waals surface area contributed by atoms with Crippen molar-refractivity contribution in [2.24, 2.45) is 40.4 Å². The molecular formula is C29H48O. The lowest BCUT2D eigenvalue weighted by atomic mass is 9.47. The molecule has 4 aliphatic rings. The Labute approximate surface area is 186 Å². The fourth-order valence-electron chi connectivity index (χ4n) is 8.85. The summed E-state index contributed by atoms with van der Waals surface area (Å²) in [4.78, 5) is 0. The van der Waals surface area contributed by atoms with Crippen molar-refractivity contribution in [3.8, 4) is 0 Å². The summed E-state index contributed by atoms with van der Waals surface area (Å²) >= 11 is 0. The van der Waals surface area contributed by atoms with E-state index in [-0.39, 0.29) is 6.10 Å². The third-order valence-corrected chi connectivity index (χ3v) is 10.8. The third kappa shape index (κ3) is 3.66. The molecule has 4 aliphatic carbocycles. The maximum Gasteiger partial charge on any atom is 0.0543 e. The van der Waals surface area contributed by atoms with Crippen LogP contribution in [0, 0.1) is 40.4 Å². The molecule has 0 amide bonds. The van der Waals surface area contributed by atoms with Crippen molar-refractivity contribution in [1.29, 1.82) is 0 Å². The van der Waals surface area contributed by atoms with Gasteiger partial charge in [0.25, 0.3) is 0 Å². The van der Waals surface area contributed by atoms with Gasteiger partial charge in [0.05, 0.1) is 6.10 Å². The number of hydrogen-bond donors (Lipinski definition) is 1. The molecule has 3 saturated carbocycles. The molecule has 0 radical (unpaired) electrons. The van der Waals surface area contributed by atoms with E-state index in [0.29, 0.717) is 16.7 Å². The summed E-state index contributed by atoms with van der Waals surface area (Å²) in [5.41, 5.74) is 6.09. The van der Waals surface area contributed by atoms with Crippen LogP contribution < -0.4 is 0 Å². The van der Waals surface area contributed by atoms with Crippen molar-refractivity contribution in [3.63, 3.8) is 0 Å². The summed E-state index contributed by atoms with van der Waals surface area (Å²) in [6, 6.07) is 0. The van der Waals surface area contributed by atoms with Gasteiger partial charge in [0.1, 0.15) is 0 Å². The zero-order valence-corrected chi connectivity index (χ0v) is 20.8. The monoisotopic (exact) mass is 412 g/mol. The van der Waals surface area contributed by atoms with Crippen LogP contribution in [0.15, 0.2) is 22.8 Å². The Balaban J connectivity index is 1.50. The number of hydrogen-bond acceptors (Lipinski definition) is 1. The Hall–Kier alpha value is -0.560. The van der Waals surface area contributed by atoms with Crippen LogP contribution in [0.1, 0.15) is 112 Å². The molecule has 0 aromatic heterocycles. The highest BCUT2D eigenvalue weighted by molar-refractivity contribution is 5.27. The summed E-state index contributed by atoms with van der Waals surface area (Å²) < 4.78 is 0. The second kappa shape index (κ2) is 8.42. The SMILES string of the molecule is CCC(CC[C@@H](C)[C@H]1CC[C@H]2C3=CCC4C[C@@H](O)CC[C@]4(C)[C@H]3CC[C@]12C)=C(C)C. The first-order chi connectivity index (χ1) is 14.2. The number of rotatable bonds is 5. The van der Waals surface area contributed by atoms with E-state index >= 15 is 0 Å². The fraction of sp³-hybridized carbons (Fsp3) is 0.862. The van der Waals surface area contributed by atoms with Crippen molar-refractivity contribution in [1.82, 2.24) is 0 Å². The molecule has 4 rings (SSSR count). The molecule has 30 heavy (non-hydrogen) atoms. The topological polar surface area (TPSA) is 20.2 Å².